The van der Waals surface area contributed by atoms with Crippen molar-refractivity contribution in [2.45, 2.75) is 38.1 Å². The summed E-state index contributed by atoms with van der Waals surface area (Å²) >= 11 is 5.58. The Morgan fingerprint density at radius 1 is 1.27 bits per heavy atom. The molecule has 0 amide bonds. The molecule has 1 aromatic carbocycles. The Labute approximate surface area is 159 Å². The van der Waals surface area contributed by atoms with E-state index < -0.39 is 0 Å². The Balaban J connectivity index is 1.79. The average Bonchev–Trinajstić information content (AvgIpc) is 3.13. The highest BCUT2D eigenvalue weighted by Gasteiger charge is 2.36. The zero-order chi connectivity index (χ0) is 18.6. The molecule has 2 N–H and O–H groups in total. The number of methoxy groups -OCH3 is 1. The van der Waals surface area contributed by atoms with Crippen LogP contribution >= 0.6 is 12.2 Å². The van der Waals surface area contributed by atoms with E-state index in [1.165, 1.54) is 7.11 Å². The summed E-state index contributed by atoms with van der Waals surface area (Å²) in [6.07, 6.45) is 8.03. The van der Waals surface area contributed by atoms with Gasteiger partial charge < -0.3 is 15.4 Å². The summed E-state index contributed by atoms with van der Waals surface area (Å²) in [6, 6.07) is 9.44. The van der Waals surface area contributed by atoms with Gasteiger partial charge in [-0.1, -0.05) is 25.0 Å². The van der Waals surface area contributed by atoms with Crippen LogP contribution in [-0.2, 0) is 10.3 Å². The second-order valence-electron chi connectivity index (χ2n) is 6.63. The van der Waals surface area contributed by atoms with Crippen LogP contribution in [0.4, 0.5) is 5.69 Å². The van der Waals surface area contributed by atoms with Crippen LogP contribution in [0.1, 0.15) is 47.2 Å². The second kappa shape index (κ2) is 7.83. The molecule has 136 valence electrons. The number of ether oxygens (including phenoxy) is 1. The smallest absolute Gasteiger partial charge is 0.337 e. The van der Waals surface area contributed by atoms with Crippen molar-refractivity contribution >= 4 is 29.0 Å². The van der Waals surface area contributed by atoms with Crippen molar-refractivity contribution in [3.63, 3.8) is 0 Å². The van der Waals surface area contributed by atoms with Crippen LogP contribution in [-0.4, -0.2) is 23.2 Å². The Hall–Kier alpha value is -2.47. The van der Waals surface area contributed by atoms with Gasteiger partial charge in [-0.2, -0.15) is 0 Å². The van der Waals surface area contributed by atoms with Crippen molar-refractivity contribution in [1.29, 1.82) is 0 Å². The molecule has 0 unspecified atom stereocenters. The van der Waals surface area contributed by atoms with Crippen LogP contribution in [0.2, 0.25) is 0 Å². The van der Waals surface area contributed by atoms with Gasteiger partial charge in [-0.3, -0.25) is 4.98 Å². The van der Waals surface area contributed by atoms with Gasteiger partial charge in [0.15, 0.2) is 5.11 Å². The van der Waals surface area contributed by atoms with Gasteiger partial charge in [0.05, 0.1) is 18.2 Å². The molecule has 0 atom stereocenters. The van der Waals surface area contributed by atoms with Crippen molar-refractivity contribution in [2.24, 2.45) is 0 Å². The van der Waals surface area contributed by atoms with Gasteiger partial charge in [0, 0.05) is 18.1 Å². The first kappa shape index (κ1) is 18.3. The zero-order valence-electron chi connectivity index (χ0n) is 15.0. The molecule has 6 heteroatoms. The highest BCUT2D eigenvalue weighted by atomic mass is 32.1. The lowest BCUT2D eigenvalue weighted by atomic mass is 9.89. The van der Waals surface area contributed by atoms with E-state index in [4.69, 9.17) is 17.0 Å². The minimum absolute atomic E-state index is 0.188. The third-order valence-electron chi connectivity index (χ3n) is 4.93. The van der Waals surface area contributed by atoms with Gasteiger partial charge in [0.1, 0.15) is 0 Å². The fourth-order valence-electron chi connectivity index (χ4n) is 3.48. The standard InChI is InChI=1S/C20H23N3O2S/c1-14-7-8-15(18(24)25-2)12-17(14)22-19(26)23-20(9-3-4-10-20)16-6-5-11-21-13-16/h5-8,11-13H,3-4,9-10H2,1-2H3,(H2,22,23,26). The van der Waals surface area contributed by atoms with Crippen LogP contribution in [0, 0.1) is 6.92 Å². The van der Waals surface area contributed by atoms with Gasteiger partial charge in [-0.15, -0.1) is 0 Å². The van der Waals surface area contributed by atoms with Crippen molar-refractivity contribution in [3.8, 4) is 0 Å². The number of carbonyl (C=O) groups excluding carboxylic acids is 1. The molecule has 2 aromatic rings. The number of carbonyl (C=O) groups is 1. The molecule has 1 aliphatic rings. The molecular formula is C20H23N3O2S. The van der Waals surface area contributed by atoms with Gasteiger partial charge in [-0.05, 0) is 61.3 Å². The van der Waals surface area contributed by atoms with Crippen LogP contribution in [0.3, 0.4) is 0 Å². The molecule has 0 spiro atoms. The van der Waals surface area contributed by atoms with E-state index in [2.05, 4.69) is 21.7 Å². The van der Waals surface area contributed by atoms with E-state index >= 15 is 0 Å². The number of nitrogens with zero attached hydrogens (tertiary/aromatic N) is 1. The number of thiocarbonyl (C=S) groups is 1. The maximum Gasteiger partial charge on any atom is 0.337 e. The first-order chi connectivity index (χ1) is 12.5. The number of aromatic nitrogens is 1. The van der Waals surface area contributed by atoms with Crippen LogP contribution in [0.5, 0.6) is 0 Å². The maximum absolute atomic E-state index is 11.8. The molecule has 1 aliphatic carbocycles. The highest BCUT2D eigenvalue weighted by Crippen LogP contribution is 2.38. The molecule has 1 fully saturated rings. The van der Waals surface area contributed by atoms with E-state index in [1.807, 2.05) is 25.3 Å². The third-order valence-corrected chi connectivity index (χ3v) is 5.14. The topological polar surface area (TPSA) is 63.2 Å². The largest absolute Gasteiger partial charge is 0.465 e. The number of hydrogen-bond acceptors (Lipinski definition) is 4. The van der Waals surface area contributed by atoms with Crippen molar-refractivity contribution < 1.29 is 9.53 Å². The SMILES string of the molecule is COC(=O)c1ccc(C)c(NC(=S)NC2(c3cccnc3)CCCC2)c1. The highest BCUT2D eigenvalue weighted by molar-refractivity contribution is 7.80. The molecule has 0 aliphatic heterocycles. The van der Waals surface area contributed by atoms with E-state index in [-0.39, 0.29) is 11.5 Å². The Bertz CT molecular complexity index is 802. The van der Waals surface area contributed by atoms with Crippen molar-refractivity contribution in [1.82, 2.24) is 10.3 Å². The number of benzene rings is 1. The lowest BCUT2D eigenvalue weighted by Gasteiger charge is -2.32. The van der Waals surface area contributed by atoms with Gasteiger partial charge in [-0.25, -0.2) is 4.79 Å². The number of aryl methyl sites for hydroxylation is 1. The van der Waals surface area contributed by atoms with Crippen LogP contribution < -0.4 is 10.6 Å². The molecule has 0 bridgehead atoms. The number of rotatable bonds is 4. The second-order valence-corrected chi connectivity index (χ2v) is 7.04. The molecular weight excluding hydrogens is 346 g/mol. The monoisotopic (exact) mass is 369 g/mol. The van der Waals surface area contributed by atoms with E-state index in [0.717, 1.165) is 42.5 Å². The molecule has 1 aromatic heterocycles. The molecule has 3 rings (SSSR count). The Kier molecular flexibility index (Phi) is 5.52. The van der Waals surface area contributed by atoms with Gasteiger partial charge in [0.25, 0.3) is 0 Å². The number of pyridine rings is 1. The zero-order valence-corrected chi connectivity index (χ0v) is 15.9. The Morgan fingerprint density at radius 3 is 2.69 bits per heavy atom. The van der Waals surface area contributed by atoms with Crippen LogP contribution in [0.15, 0.2) is 42.7 Å². The summed E-state index contributed by atoms with van der Waals surface area (Å²) in [5.74, 6) is -0.366. The minimum Gasteiger partial charge on any atom is -0.465 e. The third kappa shape index (κ3) is 3.85. The maximum atomic E-state index is 11.8. The quantitative estimate of drug-likeness (QED) is 0.629. The number of esters is 1. The first-order valence-corrected chi connectivity index (χ1v) is 9.13. The molecule has 0 radical (unpaired) electrons. The summed E-state index contributed by atoms with van der Waals surface area (Å²) < 4.78 is 4.80. The molecule has 1 heterocycles. The summed E-state index contributed by atoms with van der Waals surface area (Å²) in [4.78, 5) is 16.0. The average molecular weight is 369 g/mol. The van der Waals surface area contributed by atoms with Gasteiger partial charge >= 0.3 is 5.97 Å². The molecule has 1 saturated carbocycles. The fourth-order valence-corrected chi connectivity index (χ4v) is 3.79. The van der Waals surface area contributed by atoms with Crippen molar-refractivity contribution in [3.05, 3.63) is 59.4 Å². The lowest BCUT2D eigenvalue weighted by molar-refractivity contribution is 0.0601. The first-order valence-electron chi connectivity index (χ1n) is 8.73. The summed E-state index contributed by atoms with van der Waals surface area (Å²) in [7, 11) is 1.37. The number of hydrogen-bond donors (Lipinski definition) is 2. The normalized spacial score (nSPS) is 15.3. The van der Waals surface area contributed by atoms with E-state index in [1.54, 1.807) is 18.3 Å². The summed E-state index contributed by atoms with van der Waals surface area (Å²) in [6.45, 7) is 1.97. The lowest BCUT2D eigenvalue weighted by Crippen LogP contribution is -2.45. The summed E-state index contributed by atoms with van der Waals surface area (Å²) in [5.41, 5.74) is 3.26. The number of anilines is 1. The summed E-state index contributed by atoms with van der Waals surface area (Å²) in [5, 5.41) is 7.30. The van der Waals surface area contributed by atoms with E-state index in [9.17, 15) is 4.79 Å². The molecule has 0 saturated heterocycles. The van der Waals surface area contributed by atoms with Gasteiger partial charge in [0.2, 0.25) is 0 Å². The predicted octanol–water partition coefficient (Wildman–Crippen LogP) is 3.93. The molecule has 26 heavy (non-hydrogen) atoms. The predicted molar refractivity (Wildman–Crippen MR) is 106 cm³/mol. The van der Waals surface area contributed by atoms with E-state index in [0.29, 0.717) is 10.7 Å². The molecule has 5 nitrogen and oxygen atoms in total. The minimum atomic E-state index is -0.366. The fraction of sp³-hybridized carbons (Fsp3) is 0.350. The Morgan fingerprint density at radius 2 is 2.04 bits per heavy atom. The van der Waals surface area contributed by atoms with Crippen LogP contribution in [0.25, 0.3) is 0 Å². The number of nitrogens with one attached hydrogen (secondary N) is 2. The van der Waals surface area contributed by atoms with Crippen molar-refractivity contribution in [2.75, 3.05) is 12.4 Å².